The minimum absolute atomic E-state index is 0.0600. The number of rotatable bonds is 4. The normalized spacial score (nSPS) is 11.8. The summed E-state index contributed by atoms with van der Waals surface area (Å²) in [5.74, 6) is 0.288. The minimum Gasteiger partial charge on any atom is -0.396 e. The number of amides is 1. The molecule has 1 rings (SSSR count). The van der Waals surface area contributed by atoms with Gasteiger partial charge in [-0.1, -0.05) is 27.7 Å². The molecule has 0 fully saturated rings. The zero-order valence-electron chi connectivity index (χ0n) is 10.3. The van der Waals surface area contributed by atoms with Gasteiger partial charge in [-0.2, -0.15) is 5.10 Å². The molecule has 0 saturated carbocycles. The van der Waals surface area contributed by atoms with Crippen LogP contribution in [0.15, 0.2) is 6.20 Å². The number of nitrogens with two attached hydrogens (primary N) is 1. The van der Waals surface area contributed by atoms with E-state index in [4.69, 9.17) is 5.73 Å². The molecule has 0 unspecified atom stereocenters. The van der Waals surface area contributed by atoms with Gasteiger partial charge in [-0.25, -0.2) is 0 Å². The first-order valence-electron chi connectivity index (χ1n) is 5.41. The van der Waals surface area contributed by atoms with Crippen molar-refractivity contribution < 1.29 is 4.79 Å². The molecule has 1 aromatic heterocycles. The van der Waals surface area contributed by atoms with Crippen LogP contribution in [-0.2, 0) is 0 Å². The second-order valence-corrected chi connectivity index (χ2v) is 5.03. The van der Waals surface area contributed by atoms with Crippen LogP contribution >= 0.6 is 0 Å². The van der Waals surface area contributed by atoms with E-state index < -0.39 is 0 Å². The number of nitrogens with one attached hydrogen (secondary N) is 2. The van der Waals surface area contributed by atoms with E-state index in [0.717, 1.165) is 0 Å². The molecule has 0 bridgehead atoms. The van der Waals surface area contributed by atoms with Crippen molar-refractivity contribution in [3.63, 3.8) is 0 Å². The Morgan fingerprint density at radius 3 is 2.69 bits per heavy atom. The van der Waals surface area contributed by atoms with Crippen LogP contribution in [0.1, 0.15) is 38.2 Å². The Hall–Kier alpha value is -1.52. The van der Waals surface area contributed by atoms with Gasteiger partial charge >= 0.3 is 0 Å². The molecule has 0 aliphatic carbocycles. The van der Waals surface area contributed by atoms with Crippen LogP contribution in [0.5, 0.6) is 0 Å². The van der Waals surface area contributed by atoms with Crippen molar-refractivity contribution >= 4 is 11.6 Å². The van der Waals surface area contributed by atoms with Gasteiger partial charge in [0.25, 0.3) is 5.91 Å². The Kier molecular flexibility index (Phi) is 3.57. The molecule has 0 aromatic carbocycles. The van der Waals surface area contributed by atoms with Crippen LogP contribution in [-0.4, -0.2) is 22.6 Å². The summed E-state index contributed by atoms with van der Waals surface area (Å²) < 4.78 is 0. The number of nitrogen functional groups attached to an aromatic ring is 1. The number of aromatic nitrogens is 2. The van der Waals surface area contributed by atoms with Crippen LogP contribution in [0, 0.1) is 11.3 Å². The van der Waals surface area contributed by atoms with E-state index >= 15 is 0 Å². The minimum atomic E-state index is -0.205. The molecular formula is C11H20N4O. The smallest absolute Gasteiger partial charge is 0.271 e. The van der Waals surface area contributed by atoms with Gasteiger partial charge in [-0.3, -0.25) is 9.89 Å². The molecule has 5 nitrogen and oxygen atoms in total. The first-order chi connectivity index (χ1) is 7.34. The SMILES string of the molecule is CC(C)C(C)(C)CNC(=O)c1[nH]ncc1N. The third-order valence-corrected chi connectivity index (χ3v) is 3.16. The average Bonchev–Trinajstić information content (AvgIpc) is 2.61. The van der Waals surface area contributed by atoms with Crippen LogP contribution in [0.25, 0.3) is 0 Å². The van der Waals surface area contributed by atoms with Gasteiger partial charge in [-0.15, -0.1) is 0 Å². The largest absolute Gasteiger partial charge is 0.396 e. The fourth-order valence-electron chi connectivity index (χ4n) is 1.08. The van der Waals surface area contributed by atoms with E-state index in [-0.39, 0.29) is 11.3 Å². The van der Waals surface area contributed by atoms with E-state index in [1.807, 2.05) is 0 Å². The van der Waals surface area contributed by atoms with E-state index in [0.29, 0.717) is 23.8 Å². The van der Waals surface area contributed by atoms with Crippen LogP contribution < -0.4 is 11.1 Å². The van der Waals surface area contributed by atoms with Gasteiger partial charge in [0.05, 0.1) is 11.9 Å². The zero-order valence-corrected chi connectivity index (χ0v) is 10.3. The molecule has 0 saturated heterocycles. The number of anilines is 1. The van der Waals surface area contributed by atoms with Crippen molar-refractivity contribution in [2.75, 3.05) is 12.3 Å². The Balaban J connectivity index is 2.58. The Morgan fingerprint density at radius 1 is 1.62 bits per heavy atom. The van der Waals surface area contributed by atoms with Gasteiger partial charge < -0.3 is 11.1 Å². The summed E-state index contributed by atoms with van der Waals surface area (Å²) in [6.07, 6.45) is 1.43. The molecule has 5 heteroatoms. The highest BCUT2D eigenvalue weighted by molar-refractivity contribution is 5.96. The number of hydrogen-bond acceptors (Lipinski definition) is 3. The quantitative estimate of drug-likeness (QED) is 0.723. The highest BCUT2D eigenvalue weighted by Gasteiger charge is 2.23. The predicted molar refractivity (Wildman–Crippen MR) is 64.0 cm³/mol. The number of H-pyrrole nitrogens is 1. The lowest BCUT2D eigenvalue weighted by atomic mass is 9.81. The Bertz CT molecular complexity index is 368. The molecule has 0 atom stereocenters. The molecule has 90 valence electrons. The highest BCUT2D eigenvalue weighted by atomic mass is 16.1. The van der Waals surface area contributed by atoms with Crippen molar-refractivity contribution in [3.05, 3.63) is 11.9 Å². The van der Waals surface area contributed by atoms with E-state index in [9.17, 15) is 4.79 Å². The second kappa shape index (κ2) is 4.55. The second-order valence-electron chi connectivity index (χ2n) is 5.03. The lowest BCUT2D eigenvalue weighted by molar-refractivity contribution is 0.0920. The molecule has 0 spiro atoms. The number of carbonyl (C=O) groups is 1. The summed E-state index contributed by atoms with van der Waals surface area (Å²) >= 11 is 0. The summed E-state index contributed by atoms with van der Waals surface area (Å²) in [5, 5.41) is 9.15. The fourth-order valence-corrected chi connectivity index (χ4v) is 1.08. The van der Waals surface area contributed by atoms with Crippen molar-refractivity contribution in [2.24, 2.45) is 11.3 Å². The van der Waals surface area contributed by atoms with Crippen LogP contribution in [0.2, 0.25) is 0 Å². The number of nitrogens with zero attached hydrogens (tertiary/aromatic N) is 1. The summed E-state index contributed by atoms with van der Waals surface area (Å²) in [6.45, 7) is 9.12. The lowest BCUT2D eigenvalue weighted by Gasteiger charge is -2.29. The summed E-state index contributed by atoms with van der Waals surface area (Å²) in [4.78, 5) is 11.7. The summed E-state index contributed by atoms with van der Waals surface area (Å²) in [5.41, 5.74) is 6.35. The molecular weight excluding hydrogens is 204 g/mol. The third kappa shape index (κ3) is 2.74. The number of carbonyl (C=O) groups excluding carboxylic acids is 1. The van der Waals surface area contributed by atoms with Gasteiger partial charge in [0.1, 0.15) is 5.69 Å². The number of aromatic amines is 1. The van der Waals surface area contributed by atoms with Crippen LogP contribution in [0.3, 0.4) is 0 Å². The number of hydrogen-bond donors (Lipinski definition) is 3. The molecule has 4 N–H and O–H groups in total. The molecule has 1 aromatic rings. The van der Waals surface area contributed by atoms with Crippen LogP contribution in [0.4, 0.5) is 5.69 Å². The molecule has 0 radical (unpaired) electrons. The van der Waals surface area contributed by atoms with Crippen molar-refractivity contribution in [1.82, 2.24) is 15.5 Å². The molecule has 16 heavy (non-hydrogen) atoms. The fraction of sp³-hybridized carbons (Fsp3) is 0.636. The van der Waals surface area contributed by atoms with Crippen molar-refractivity contribution in [1.29, 1.82) is 0 Å². The average molecular weight is 224 g/mol. The Labute approximate surface area is 95.8 Å². The van der Waals surface area contributed by atoms with Gasteiger partial charge in [-0.05, 0) is 11.3 Å². The maximum atomic E-state index is 11.7. The van der Waals surface area contributed by atoms with Gasteiger partial charge in [0.2, 0.25) is 0 Å². The monoisotopic (exact) mass is 224 g/mol. The highest BCUT2D eigenvalue weighted by Crippen LogP contribution is 2.24. The lowest BCUT2D eigenvalue weighted by Crippen LogP contribution is -2.37. The molecule has 1 amide bonds. The maximum absolute atomic E-state index is 11.7. The third-order valence-electron chi connectivity index (χ3n) is 3.16. The Morgan fingerprint density at radius 2 is 2.25 bits per heavy atom. The first-order valence-corrected chi connectivity index (χ1v) is 5.41. The maximum Gasteiger partial charge on any atom is 0.271 e. The predicted octanol–water partition coefficient (Wildman–Crippen LogP) is 1.40. The van der Waals surface area contributed by atoms with Crippen molar-refractivity contribution in [3.8, 4) is 0 Å². The van der Waals surface area contributed by atoms with E-state index in [2.05, 4.69) is 43.2 Å². The summed E-state index contributed by atoms with van der Waals surface area (Å²) in [6, 6.07) is 0. The molecule has 1 heterocycles. The zero-order chi connectivity index (χ0) is 12.3. The first kappa shape index (κ1) is 12.5. The van der Waals surface area contributed by atoms with E-state index in [1.54, 1.807) is 0 Å². The topological polar surface area (TPSA) is 83.8 Å². The summed E-state index contributed by atoms with van der Waals surface area (Å²) in [7, 11) is 0. The standard InChI is InChI=1S/C11H20N4O/c1-7(2)11(3,4)6-13-10(16)9-8(12)5-14-15-9/h5,7H,6,12H2,1-4H3,(H,13,16)(H,14,15). The molecule has 0 aliphatic rings. The van der Waals surface area contributed by atoms with E-state index in [1.165, 1.54) is 6.20 Å². The van der Waals surface area contributed by atoms with Crippen molar-refractivity contribution in [2.45, 2.75) is 27.7 Å². The van der Waals surface area contributed by atoms with Gasteiger partial charge in [0, 0.05) is 6.54 Å². The molecule has 0 aliphatic heterocycles. The van der Waals surface area contributed by atoms with Gasteiger partial charge in [0.15, 0.2) is 0 Å².